The van der Waals surface area contributed by atoms with Crippen LogP contribution in [0.1, 0.15) is 34.5 Å². The number of aromatic nitrogens is 2. The topological polar surface area (TPSA) is 55.6 Å². The summed E-state index contributed by atoms with van der Waals surface area (Å²) in [6.45, 7) is 3.71. The summed E-state index contributed by atoms with van der Waals surface area (Å²) < 4.78 is 20.7. The molecule has 140 valence electrons. The second-order valence-corrected chi connectivity index (χ2v) is 7.18. The van der Waals surface area contributed by atoms with Crippen LogP contribution in [0, 0.1) is 12.7 Å². The van der Waals surface area contributed by atoms with Crippen molar-refractivity contribution in [2.24, 2.45) is 0 Å². The molecule has 1 saturated heterocycles. The molecule has 3 aromatic rings. The van der Waals surface area contributed by atoms with Gasteiger partial charge < -0.3 is 14.5 Å². The highest BCUT2D eigenvalue weighted by atomic mass is 19.1. The molecule has 0 saturated carbocycles. The van der Waals surface area contributed by atoms with Gasteiger partial charge in [0, 0.05) is 37.6 Å². The largest absolute Gasteiger partial charge is 0.381 e. The average molecular weight is 367 g/mol. The molecule has 6 heteroatoms. The summed E-state index contributed by atoms with van der Waals surface area (Å²) in [5.41, 5.74) is 3.01. The van der Waals surface area contributed by atoms with E-state index in [0.29, 0.717) is 25.5 Å². The normalized spacial score (nSPS) is 16.4. The van der Waals surface area contributed by atoms with E-state index in [2.05, 4.69) is 10.3 Å². The molecule has 1 fully saturated rings. The number of ether oxygens (including phenoxy) is 1. The number of benzene rings is 1. The van der Waals surface area contributed by atoms with Crippen molar-refractivity contribution in [2.45, 2.75) is 25.2 Å². The quantitative estimate of drug-likeness (QED) is 0.770. The first-order valence-electron chi connectivity index (χ1n) is 9.13. The van der Waals surface area contributed by atoms with E-state index in [1.807, 2.05) is 29.7 Å². The smallest absolute Gasteiger partial charge is 0.271 e. The van der Waals surface area contributed by atoms with Gasteiger partial charge in [0.15, 0.2) is 0 Å². The van der Waals surface area contributed by atoms with Crippen LogP contribution in [0.5, 0.6) is 0 Å². The van der Waals surface area contributed by atoms with E-state index in [0.717, 1.165) is 29.6 Å². The fourth-order valence-corrected chi connectivity index (χ4v) is 3.67. The molecule has 1 aromatic carbocycles. The predicted octanol–water partition coefficient (Wildman–Crippen LogP) is 3.26. The molecule has 1 aliphatic rings. The van der Waals surface area contributed by atoms with Crippen molar-refractivity contribution in [3.63, 3.8) is 0 Å². The number of hydrogen-bond acceptors (Lipinski definition) is 3. The highest BCUT2D eigenvalue weighted by Crippen LogP contribution is 2.34. The summed E-state index contributed by atoms with van der Waals surface area (Å²) in [7, 11) is 0. The van der Waals surface area contributed by atoms with Crippen molar-refractivity contribution in [2.75, 3.05) is 19.8 Å². The molecule has 4 rings (SSSR count). The lowest BCUT2D eigenvalue weighted by Gasteiger charge is -2.37. The zero-order valence-corrected chi connectivity index (χ0v) is 15.2. The monoisotopic (exact) mass is 367 g/mol. The molecular formula is C21H22FN3O2. The maximum Gasteiger partial charge on any atom is 0.271 e. The maximum atomic E-state index is 13.3. The summed E-state index contributed by atoms with van der Waals surface area (Å²) >= 11 is 0. The minimum atomic E-state index is -0.259. The number of pyridine rings is 1. The summed E-state index contributed by atoms with van der Waals surface area (Å²) in [6.07, 6.45) is 5.19. The standard InChI is InChI=1S/C21H22FN3O2/c1-15-6-9-25-13-18(24-19(25)12-15)20(26)23-14-21(7-10-27-11-8-21)16-2-4-17(22)5-3-16/h2-6,9,12-13H,7-8,10-11,14H2,1H3,(H,23,26). The fourth-order valence-electron chi connectivity index (χ4n) is 3.67. The van der Waals surface area contributed by atoms with Crippen molar-refractivity contribution >= 4 is 11.6 Å². The van der Waals surface area contributed by atoms with Gasteiger partial charge >= 0.3 is 0 Å². The number of fused-ring (bicyclic) bond motifs is 1. The van der Waals surface area contributed by atoms with E-state index < -0.39 is 0 Å². The maximum absolute atomic E-state index is 13.3. The number of aryl methyl sites for hydroxylation is 1. The Morgan fingerprint density at radius 3 is 2.74 bits per heavy atom. The lowest BCUT2D eigenvalue weighted by atomic mass is 9.74. The molecule has 2 aromatic heterocycles. The second kappa shape index (κ2) is 7.12. The Hall–Kier alpha value is -2.73. The Balaban J connectivity index is 1.54. The summed E-state index contributed by atoms with van der Waals surface area (Å²) in [4.78, 5) is 17.1. The van der Waals surface area contributed by atoms with E-state index in [1.165, 1.54) is 12.1 Å². The zero-order chi connectivity index (χ0) is 18.9. The lowest BCUT2D eigenvalue weighted by Crippen LogP contribution is -2.44. The molecule has 0 radical (unpaired) electrons. The molecule has 5 nitrogen and oxygen atoms in total. The van der Waals surface area contributed by atoms with Crippen LogP contribution in [0.3, 0.4) is 0 Å². The Morgan fingerprint density at radius 1 is 1.26 bits per heavy atom. The molecule has 1 amide bonds. The van der Waals surface area contributed by atoms with Crippen molar-refractivity contribution in [1.82, 2.24) is 14.7 Å². The third kappa shape index (κ3) is 3.57. The molecule has 0 unspecified atom stereocenters. The van der Waals surface area contributed by atoms with Gasteiger partial charge in [-0.3, -0.25) is 4.79 Å². The van der Waals surface area contributed by atoms with Gasteiger partial charge in [-0.25, -0.2) is 9.37 Å². The Kier molecular flexibility index (Phi) is 4.66. The van der Waals surface area contributed by atoms with Gasteiger partial charge in [0.1, 0.15) is 17.2 Å². The molecule has 1 N–H and O–H groups in total. The van der Waals surface area contributed by atoms with E-state index in [-0.39, 0.29) is 17.1 Å². The van der Waals surface area contributed by atoms with E-state index in [1.54, 1.807) is 18.3 Å². The van der Waals surface area contributed by atoms with Crippen LogP contribution in [-0.2, 0) is 10.2 Å². The molecule has 3 heterocycles. The first-order chi connectivity index (χ1) is 13.1. The number of imidazole rings is 1. The summed E-state index contributed by atoms with van der Waals surface area (Å²) in [5, 5.41) is 3.03. The molecule has 0 bridgehead atoms. The summed E-state index contributed by atoms with van der Waals surface area (Å²) in [5.74, 6) is -0.464. The third-order valence-corrected chi connectivity index (χ3v) is 5.34. The van der Waals surface area contributed by atoms with Gasteiger partial charge in [0.2, 0.25) is 0 Å². The minimum Gasteiger partial charge on any atom is -0.381 e. The highest BCUT2D eigenvalue weighted by molar-refractivity contribution is 5.92. The van der Waals surface area contributed by atoms with Crippen molar-refractivity contribution in [3.8, 4) is 0 Å². The number of rotatable bonds is 4. The number of nitrogens with zero attached hydrogens (tertiary/aromatic N) is 2. The SMILES string of the molecule is Cc1ccn2cc(C(=O)NCC3(c4ccc(F)cc4)CCOCC3)nc2c1. The van der Waals surface area contributed by atoms with Crippen molar-refractivity contribution in [3.05, 3.63) is 71.4 Å². The third-order valence-electron chi connectivity index (χ3n) is 5.34. The Labute approximate surface area is 157 Å². The van der Waals surface area contributed by atoms with Crippen LogP contribution in [0.15, 0.2) is 48.8 Å². The number of hydrogen-bond donors (Lipinski definition) is 1. The summed E-state index contributed by atoms with van der Waals surface area (Å²) in [6, 6.07) is 10.5. The lowest BCUT2D eigenvalue weighted by molar-refractivity contribution is 0.0486. The Bertz CT molecular complexity index is 959. The van der Waals surface area contributed by atoms with Crippen LogP contribution >= 0.6 is 0 Å². The highest BCUT2D eigenvalue weighted by Gasteiger charge is 2.35. The number of carbonyl (C=O) groups is 1. The number of amides is 1. The van der Waals surface area contributed by atoms with Crippen LogP contribution < -0.4 is 5.32 Å². The molecule has 0 atom stereocenters. The van der Waals surface area contributed by atoms with Crippen LogP contribution in [-0.4, -0.2) is 35.1 Å². The molecular weight excluding hydrogens is 345 g/mol. The van der Waals surface area contributed by atoms with Gasteiger partial charge in [-0.05, 0) is 55.2 Å². The molecule has 0 aliphatic carbocycles. The van der Waals surface area contributed by atoms with E-state index in [9.17, 15) is 9.18 Å². The minimum absolute atomic E-state index is 0.204. The van der Waals surface area contributed by atoms with E-state index >= 15 is 0 Å². The first kappa shape index (κ1) is 17.7. The second-order valence-electron chi connectivity index (χ2n) is 7.18. The average Bonchev–Trinajstić information content (AvgIpc) is 3.10. The molecule has 27 heavy (non-hydrogen) atoms. The predicted molar refractivity (Wildman–Crippen MR) is 100 cm³/mol. The van der Waals surface area contributed by atoms with E-state index in [4.69, 9.17) is 4.74 Å². The zero-order valence-electron chi connectivity index (χ0n) is 15.2. The first-order valence-corrected chi connectivity index (χ1v) is 9.13. The van der Waals surface area contributed by atoms with Gasteiger partial charge in [0.25, 0.3) is 5.91 Å². The fraction of sp³-hybridized carbons (Fsp3) is 0.333. The number of halogens is 1. The number of carbonyl (C=O) groups excluding carboxylic acids is 1. The number of nitrogens with one attached hydrogen (secondary N) is 1. The molecule has 0 spiro atoms. The van der Waals surface area contributed by atoms with Crippen LogP contribution in [0.25, 0.3) is 5.65 Å². The van der Waals surface area contributed by atoms with Crippen LogP contribution in [0.2, 0.25) is 0 Å². The van der Waals surface area contributed by atoms with Crippen LogP contribution in [0.4, 0.5) is 4.39 Å². The van der Waals surface area contributed by atoms with Crippen molar-refractivity contribution in [1.29, 1.82) is 0 Å². The van der Waals surface area contributed by atoms with Crippen molar-refractivity contribution < 1.29 is 13.9 Å². The van der Waals surface area contributed by atoms with Gasteiger partial charge in [-0.15, -0.1) is 0 Å². The van der Waals surface area contributed by atoms with Gasteiger partial charge in [-0.2, -0.15) is 0 Å². The Morgan fingerprint density at radius 2 is 2.00 bits per heavy atom. The van der Waals surface area contributed by atoms with Gasteiger partial charge in [0.05, 0.1) is 0 Å². The molecule has 1 aliphatic heterocycles. The van der Waals surface area contributed by atoms with Gasteiger partial charge in [-0.1, -0.05) is 12.1 Å².